The van der Waals surface area contributed by atoms with Crippen LogP contribution in [0.15, 0.2) is 72.0 Å². The van der Waals surface area contributed by atoms with E-state index >= 15 is 0 Å². The predicted octanol–water partition coefficient (Wildman–Crippen LogP) is 4.57. The molecule has 0 atom stereocenters. The number of anilines is 1. The van der Waals surface area contributed by atoms with E-state index in [2.05, 4.69) is 15.3 Å². The maximum Gasteiger partial charge on any atom is 0.193 e. The van der Waals surface area contributed by atoms with Crippen molar-refractivity contribution in [1.29, 1.82) is 0 Å². The van der Waals surface area contributed by atoms with Crippen LogP contribution >= 0.6 is 24.0 Å². The molecule has 1 heterocycles. The number of pyridine rings is 1. The number of aromatic nitrogens is 1. The van der Waals surface area contributed by atoms with Gasteiger partial charge in [-0.3, -0.25) is 4.98 Å². The Morgan fingerprint density at radius 3 is 2.68 bits per heavy atom. The quantitative estimate of drug-likeness (QED) is 0.298. The molecular weight excluding hydrogens is 474 g/mol. The Hall–Kier alpha value is -2.88. The molecule has 0 saturated carbocycles. The molecule has 0 bridgehead atoms. The number of nitrogens with one attached hydrogen (secondary N) is 1. The van der Waals surface area contributed by atoms with Crippen LogP contribution in [-0.2, 0) is 6.54 Å². The maximum atomic E-state index is 14.2. The number of hydrogen-bond acceptors (Lipinski definition) is 4. The molecule has 0 fully saturated rings. The Kier molecular flexibility index (Phi) is 8.00. The van der Waals surface area contributed by atoms with E-state index in [9.17, 15) is 4.39 Å². The summed E-state index contributed by atoms with van der Waals surface area (Å²) in [7, 11) is 1.59. The second kappa shape index (κ2) is 10.5. The molecule has 0 amide bonds. The van der Waals surface area contributed by atoms with Crippen LogP contribution in [0.5, 0.6) is 17.2 Å². The molecule has 0 aliphatic carbocycles. The first-order valence-electron chi connectivity index (χ1n) is 8.21. The highest BCUT2D eigenvalue weighted by molar-refractivity contribution is 14.0. The number of rotatable bonds is 6. The van der Waals surface area contributed by atoms with Crippen molar-refractivity contribution < 1.29 is 13.9 Å². The van der Waals surface area contributed by atoms with Crippen LogP contribution in [-0.4, -0.2) is 18.1 Å². The molecule has 3 aromatic rings. The summed E-state index contributed by atoms with van der Waals surface area (Å²) < 4.78 is 24.9. The molecule has 3 N–H and O–H groups in total. The fourth-order valence-corrected chi connectivity index (χ4v) is 2.32. The van der Waals surface area contributed by atoms with Crippen molar-refractivity contribution in [3.05, 3.63) is 78.4 Å². The minimum absolute atomic E-state index is 0. The van der Waals surface area contributed by atoms with Gasteiger partial charge in [0.1, 0.15) is 11.5 Å². The molecule has 8 heteroatoms. The second-order valence-electron chi connectivity index (χ2n) is 5.61. The molecule has 6 nitrogen and oxygen atoms in total. The topological polar surface area (TPSA) is 81.8 Å². The molecule has 0 aliphatic heterocycles. The Morgan fingerprint density at radius 2 is 1.96 bits per heavy atom. The lowest BCUT2D eigenvalue weighted by atomic mass is 10.2. The summed E-state index contributed by atoms with van der Waals surface area (Å²) in [6.45, 7) is 0.229. The third-order valence-corrected chi connectivity index (χ3v) is 3.63. The number of guanidine groups is 1. The van der Waals surface area contributed by atoms with E-state index in [0.29, 0.717) is 17.1 Å². The zero-order chi connectivity index (χ0) is 19.1. The van der Waals surface area contributed by atoms with Gasteiger partial charge >= 0.3 is 0 Å². The van der Waals surface area contributed by atoms with Gasteiger partial charge in [-0.1, -0.05) is 12.1 Å². The van der Waals surface area contributed by atoms with Gasteiger partial charge in [0.05, 0.1) is 19.9 Å². The van der Waals surface area contributed by atoms with Crippen LogP contribution < -0.4 is 20.5 Å². The van der Waals surface area contributed by atoms with Crippen LogP contribution in [0.3, 0.4) is 0 Å². The first-order chi connectivity index (χ1) is 13.1. The highest BCUT2D eigenvalue weighted by Crippen LogP contribution is 2.24. The molecular formula is C20H20FIN4O2. The average molecular weight is 494 g/mol. The van der Waals surface area contributed by atoms with E-state index in [1.807, 2.05) is 18.2 Å². The van der Waals surface area contributed by atoms with E-state index in [0.717, 1.165) is 5.69 Å². The Labute approximate surface area is 179 Å². The summed E-state index contributed by atoms with van der Waals surface area (Å²) in [6.07, 6.45) is 3.14. The number of hydrogen-bond donors (Lipinski definition) is 2. The van der Waals surface area contributed by atoms with E-state index in [-0.39, 0.29) is 42.2 Å². The monoisotopic (exact) mass is 494 g/mol. The number of aliphatic imine (C=N–C) groups is 1. The molecule has 3 rings (SSSR count). The number of nitrogens with zero attached hydrogens (tertiary/aromatic N) is 2. The number of methoxy groups -OCH3 is 1. The van der Waals surface area contributed by atoms with Gasteiger partial charge in [-0.2, -0.15) is 0 Å². The van der Waals surface area contributed by atoms with Crippen LogP contribution in [0.1, 0.15) is 5.56 Å². The predicted molar refractivity (Wildman–Crippen MR) is 118 cm³/mol. The van der Waals surface area contributed by atoms with E-state index in [4.69, 9.17) is 15.2 Å². The summed E-state index contributed by atoms with van der Waals surface area (Å²) >= 11 is 0. The number of halogens is 2. The normalized spacial score (nSPS) is 10.7. The Bertz CT molecular complexity index is 938. The van der Waals surface area contributed by atoms with Crippen LogP contribution in [0, 0.1) is 5.82 Å². The van der Waals surface area contributed by atoms with Crippen molar-refractivity contribution >= 4 is 35.6 Å². The largest absolute Gasteiger partial charge is 0.497 e. The SMILES string of the molecule is COc1cccc(NC(N)=NCc2ccc(Oc3cccnc3)c(F)c2)c1.I. The third-order valence-electron chi connectivity index (χ3n) is 3.63. The van der Waals surface area contributed by atoms with Gasteiger partial charge in [0.15, 0.2) is 17.5 Å². The number of benzene rings is 2. The fourth-order valence-electron chi connectivity index (χ4n) is 2.32. The van der Waals surface area contributed by atoms with E-state index in [1.165, 1.54) is 12.3 Å². The van der Waals surface area contributed by atoms with Crippen molar-refractivity contribution in [2.24, 2.45) is 10.7 Å². The van der Waals surface area contributed by atoms with Crippen molar-refractivity contribution in [1.82, 2.24) is 4.98 Å². The molecule has 1 aromatic heterocycles. The minimum atomic E-state index is -0.481. The van der Waals surface area contributed by atoms with E-state index < -0.39 is 5.82 Å². The van der Waals surface area contributed by atoms with Crippen LogP contribution in [0.25, 0.3) is 0 Å². The van der Waals surface area contributed by atoms with E-state index in [1.54, 1.807) is 43.6 Å². The minimum Gasteiger partial charge on any atom is -0.497 e. The van der Waals surface area contributed by atoms with Crippen molar-refractivity contribution in [3.8, 4) is 17.2 Å². The molecule has 146 valence electrons. The van der Waals surface area contributed by atoms with Gasteiger partial charge < -0.3 is 20.5 Å². The van der Waals surface area contributed by atoms with Gasteiger partial charge in [0, 0.05) is 18.0 Å². The van der Waals surface area contributed by atoms with Gasteiger partial charge in [0.25, 0.3) is 0 Å². The molecule has 0 saturated heterocycles. The van der Waals surface area contributed by atoms with Gasteiger partial charge in [-0.05, 0) is 42.0 Å². The lowest BCUT2D eigenvalue weighted by molar-refractivity contribution is 0.415. The third kappa shape index (κ3) is 6.08. The summed E-state index contributed by atoms with van der Waals surface area (Å²) in [5.74, 6) is 1.04. The van der Waals surface area contributed by atoms with Gasteiger partial charge in [0.2, 0.25) is 0 Å². The van der Waals surface area contributed by atoms with Gasteiger partial charge in [-0.25, -0.2) is 9.38 Å². The average Bonchev–Trinajstić information content (AvgIpc) is 2.69. The number of nitrogens with two attached hydrogens (primary N) is 1. The second-order valence-corrected chi connectivity index (χ2v) is 5.61. The van der Waals surface area contributed by atoms with Crippen molar-refractivity contribution in [2.45, 2.75) is 6.54 Å². The molecule has 0 unspecified atom stereocenters. The van der Waals surface area contributed by atoms with Crippen molar-refractivity contribution in [3.63, 3.8) is 0 Å². The highest BCUT2D eigenvalue weighted by atomic mass is 127. The maximum absolute atomic E-state index is 14.2. The van der Waals surface area contributed by atoms with Crippen molar-refractivity contribution in [2.75, 3.05) is 12.4 Å². The summed E-state index contributed by atoms with van der Waals surface area (Å²) in [5.41, 5.74) is 7.31. The lowest BCUT2D eigenvalue weighted by Crippen LogP contribution is -2.22. The Morgan fingerprint density at radius 1 is 1.14 bits per heavy atom. The summed E-state index contributed by atoms with van der Waals surface area (Å²) in [6, 6.07) is 15.4. The Balaban J connectivity index is 0.00000280. The first-order valence-corrected chi connectivity index (χ1v) is 8.21. The number of ether oxygens (including phenoxy) is 2. The molecule has 2 aromatic carbocycles. The van der Waals surface area contributed by atoms with Crippen LogP contribution in [0.2, 0.25) is 0 Å². The van der Waals surface area contributed by atoms with Crippen LogP contribution in [0.4, 0.5) is 10.1 Å². The summed E-state index contributed by atoms with van der Waals surface area (Å²) in [4.78, 5) is 8.15. The molecule has 0 radical (unpaired) electrons. The molecule has 28 heavy (non-hydrogen) atoms. The zero-order valence-corrected chi connectivity index (χ0v) is 17.5. The molecule has 0 aliphatic rings. The zero-order valence-electron chi connectivity index (χ0n) is 15.1. The highest BCUT2D eigenvalue weighted by Gasteiger charge is 2.06. The lowest BCUT2D eigenvalue weighted by Gasteiger charge is -2.09. The fraction of sp³-hybridized carbons (Fsp3) is 0.100. The summed E-state index contributed by atoms with van der Waals surface area (Å²) in [5, 5.41) is 2.97. The van der Waals surface area contributed by atoms with Gasteiger partial charge in [-0.15, -0.1) is 24.0 Å². The standard InChI is InChI=1S/C20H19FN4O2.HI/c1-26-16-5-2-4-15(11-16)25-20(22)24-12-14-7-8-19(18(21)10-14)27-17-6-3-9-23-13-17;/h2-11,13H,12H2,1H3,(H3,22,24,25);1H. The first kappa shape index (κ1) is 21.4. The smallest absolute Gasteiger partial charge is 0.193 e. The molecule has 0 spiro atoms.